The Kier molecular flexibility index (Phi) is 7.02. The average Bonchev–Trinajstić information content (AvgIpc) is 3.59. The molecule has 3 aliphatic rings. The van der Waals surface area contributed by atoms with Crippen LogP contribution in [0.3, 0.4) is 0 Å². The van der Waals surface area contributed by atoms with E-state index in [4.69, 9.17) is 10.7 Å². The van der Waals surface area contributed by atoms with Gasteiger partial charge in [-0.3, -0.25) is 0 Å². The molecule has 0 unspecified atom stereocenters. The molecule has 9 nitrogen and oxygen atoms in total. The van der Waals surface area contributed by atoms with Gasteiger partial charge in [-0.1, -0.05) is 26.8 Å². The summed E-state index contributed by atoms with van der Waals surface area (Å²) in [5.41, 5.74) is 10.4. The lowest BCUT2D eigenvalue weighted by Gasteiger charge is -2.48. The lowest BCUT2D eigenvalue weighted by atomic mass is 9.60. The minimum atomic E-state index is -0.829. The van der Waals surface area contributed by atoms with Crippen molar-refractivity contribution in [3.05, 3.63) is 48.2 Å². The fourth-order valence-corrected chi connectivity index (χ4v) is 7.76. The zero-order valence-corrected chi connectivity index (χ0v) is 25.0. The molecular formula is C33H45N7O2. The predicted octanol–water partition coefficient (Wildman–Crippen LogP) is 4.50. The summed E-state index contributed by atoms with van der Waals surface area (Å²) < 4.78 is 1.95. The highest BCUT2D eigenvalue weighted by Gasteiger charge is 2.45. The van der Waals surface area contributed by atoms with E-state index in [0.29, 0.717) is 23.9 Å². The SMILES string of the molecule is CC(C)(C)c1ccc2nc(CCC3CC(C4CC(NC[C@H]5C[C@@H](n6ccc7c(N)ncnc76)[C@H](O)[C@@H]5O)C4)C3)[nH]c2c1. The number of hydrogen-bond donors (Lipinski definition) is 5. The highest BCUT2D eigenvalue weighted by molar-refractivity contribution is 5.86. The third-order valence-electron chi connectivity index (χ3n) is 10.6. The van der Waals surface area contributed by atoms with Crippen LogP contribution in [0.25, 0.3) is 22.1 Å². The molecule has 4 atom stereocenters. The van der Waals surface area contributed by atoms with Crippen molar-refractivity contribution in [3.8, 4) is 0 Å². The van der Waals surface area contributed by atoms with Gasteiger partial charge in [0.2, 0.25) is 0 Å². The largest absolute Gasteiger partial charge is 0.390 e. The highest BCUT2D eigenvalue weighted by Crippen LogP contribution is 2.48. The fourth-order valence-electron chi connectivity index (χ4n) is 7.76. The maximum Gasteiger partial charge on any atom is 0.145 e. The number of rotatable bonds is 8. The second-order valence-electron chi connectivity index (χ2n) is 14.4. The molecule has 3 saturated carbocycles. The average molecular weight is 572 g/mol. The van der Waals surface area contributed by atoms with Gasteiger partial charge in [0, 0.05) is 31.1 Å². The van der Waals surface area contributed by atoms with Crippen LogP contribution in [0.15, 0.2) is 36.8 Å². The van der Waals surface area contributed by atoms with Crippen LogP contribution in [-0.4, -0.2) is 59.5 Å². The molecule has 3 aliphatic carbocycles. The number of aliphatic hydroxyl groups excluding tert-OH is 2. The van der Waals surface area contributed by atoms with Gasteiger partial charge >= 0.3 is 0 Å². The Morgan fingerprint density at radius 1 is 1.02 bits per heavy atom. The van der Waals surface area contributed by atoms with Gasteiger partial charge in [-0.25, -0.2) is 15.0 Å². The summed E-state index contributed by atoms with van der Waals surface area (Å²) in [6.45, 7) is 7.48. The van der Waals surface area contributed by atoms with Crippen LogP contribution in [-0.2, 0) is 11.8 Å². The van der Waals surface area contributed by atoms with E-state index in [1.807, 2.05) is 16.8 Å². The number of benzene rings is 1. The number of hydrogen-bond acceptors (Lipinski definition) is 7. The molecule has 0 amide bonds. The van der Waals surface area contributed by atoms with Gasteiger partial charge in [-0.05, 0) is 85.5 Å². The number of aliphatic hydroxyl groups is 2. The van der Waals surface area contributed by atoms with Crippen LogP contribution in [0.4, 0.5) is 5.82 Å². The molecule has 224 valence electrons. The van der Waals surface area contributed by atoms with Crippen LogP contribution in [0.1, 0.15) is 76.7 Å². The summed E-state index contributed by atoms with van der Waals surface area (Å²) in [4.78, 5) is 16.9. The molecule has 7 rings (SSSR count). The number of aromatic nitrogens is 5. The van der Waals surface area contributed by atoms with Crippen molar-refractivity contribution in [1.82, 2.24) is 29.8 Å². The van der Waals surface area contributed by atoms with Gasteiger partial charge < -0.3 is 30.8 Å². The van der Waals surface area contributed by atoms with Gasteiger partial charge in [0.15, 0.2) is 0 Å². The predicted molar refractivity (Wildman–Crippen MR) is 165 cm³/mol. The van der Waals surface area contributed by atoms with E-state index in [0.717, 1.165) is 53.0 Å². The van der Waals surface area contributed by atoms with Gasteiger partial charge in [0.25, 0.3) is 0 Å². The first-order chi connectivity index (χ1) is 20.1. The van der Waals surface area contributed by atoms with Crippen molar-refractivity contribution in [2.75, 3.05) is 12.3 Å². The molecule has 1 aromatic carbocycles. The van der Waals surface area contributed by atoms with Gasteiger partial charge in [-0.2, -0.15) is 0 Å². The Morgan fingerprint density at radius 2 is 1.81 bits per heavy atom. The maximum atomic E-state index is 10.9. The summed E-state index contributed by atoms with van der Waals surface area (Å²) in [5.74, 6) is 4.06. The molecule has 0 radical (unpaired) electrons. The minimum Gasteiger partial charge on any atom is -0.390 e. The first kappa shape index (κ1) is 27.8. The van der Waals surface area contributed by atoms with Crippen molar-refractivity contribution in [2.24, 2.45) is 23.7 Å². The van der Waals surface area contributed by atoms with Crippen molar-refractivity contribution >= 4 is 27.9 Å². The second-order valence-corrected chi connectivity index (χ2v) is 14.4. The number of fused-ring (bicyclic) bond motifs is 2. The van der Waals surface area contributed by atoms with Crippen molar-refractivity contribution in [1.29, 1.82) is 0 Å². The molecular weight excluding hydrogens is 526 g/mol. The number of aromatic amines is 1. The second kappa shape index (κ2) is 10.6. The van der Waals surface area contributed by atoms with E-state index >= 15 is 0 Å². The summed E-state index contributed by atoms with van der Waals surface area (Å²) in [6.07, 6.45) is 9.86. The third kappa shape index (κ3) is 5.09. The van der Waals surface area contributed by atoms with Gasteiger partial charge in [0.1, 0.15) is 29.7 Å². The van der Waals surface area contributed by atoms with Gasteiger partial charge in [0.05, 0.1) is 28.6 Å². The lowest BCUT2D eigenvalue weighted by molar-refractivity contribution is 0.00367. The number of nitrogens with zero attached hydrogens (tertiary/aromatic N) is 4. The van der Waals surface area contributed by atoms with E-state index in [1.165, 1.54) is 44.0 Å². The Morgan fingerprint density at radius 3 is 2.60 bits per heavy atom. The Labute approximate surface area is 247 Å². The first-order valence-corrected chi connectivity index (χ1v) is 15.8. The zero-order chi connectivity index (χ0) is 29.2. The Balaban J connectivity index is 0.840. The Hall–Kier alpha value is -3.01. The Bertz CT molecular complexity index is 1560. The third-order valence-corrected chi connectivity index (χ3v) is 10.6. The summed E-state index contributed by atoms with van der Waals surface area (Å²) in [7, 11) is 0. The summed E-state index contributed by atoms with van der Waals surface area (Å²) in [5, 5.41) is 26.2. The number of nitrogen functional groups attached to an aromatic ring is 1. The van der Waals surface area contributed by atoms with Crippen molar-refractivity contribution in [3.63, 3.8) is 0 Å². The highest BCUT2D eigenvalue weighted by atomic mass is 16.3. The lowest BCUT2D eigenvalue weighted by Crippen LogP contribution is -2.48. The summed E-state index contributed by atoms with van der Waals surface area (Å²) in [6, 6.07) is 8.80. The molecule has 3 fully saturated rings. The molecule has 3 heterocycles. The smallest absolute Gasteiger partial charge is 0.145 e. The summed E-state index contributed by atoms with van der Waals surface area (Å²) >= 11 is 0. The van der Waals surface area contributed by atoms with Crippen LogP contribution < -0.4 is 11.1 Å². The monoisotopic (exact) mass is 571 g/mol. The molecule has 0 aliphatic heterocycles. The van der Waals surface area contributed by atoms with Crippen molar-refractivity contribution < 1.29 is 10.2 Å². The molecule has 3 aromatic heterocycles. The first-order valence-electron chi connectivity index (χ1n) is 15.8. The van der Waals surface area contributed by atoms with E-state index in [-0.39, 0.29) is 17.4 Å². The van der Waals surface area contributed by atoms with Crippen molar-refractivity contribution in [2.45, 2.75) is 95.4 Å². The molecule has 0 bridgehead atoms. The minimum absolute atomic E-state index is 0.00654. The number of nitrogens with two attached hydrogens (primary N) is 1. The number of anilines is 1. The number of H-pyrrole nitrogens is 1. The van der Waals surface area contributed by atoms with E-state index < -0.39 is 12.2 Å². The number of imidazole rings is 1. The van der Waals surface area contributed by atoms with Crippen LogP contribution in [0, 0.1) is 23.7 Å². The van der Waals surface area contributed by atoms with Crippen LogP contribution in [0.2, 0.25) is 0 Å². The van der Waals surface area contributed by atoms with E-state index in [9.17, 15) is 10.2 Å². The standard InChI is InChI=1S/C33H45N7O2/c1-33(2,3)22-5-6-25-26(15-22)39-28(38-25)7-4-18-10-19(11-18)20-12-23(13-20)35-16-21-14-27(30(42)29(21)41)40-9-8-24-31(34)36-17-37-32(24)40/h5-6,8-9,15,17-21,23,27,29-30,35,41-42H,4,7,10-14,16H2,1-3H3,(H,38,39)(H2,34,36,37)/t18?,19?,20?,21-,23?,27-,29-,30+/m1/s1. The molecule has 4 aromatic rings. The maximum absolute atomic E-state index is 10.9. The molecule has 42 heavy (non-hydrogen) atoms. The van der Waals surface area contributed by atoms with E-state index in [1.54, 1.807) is 0 Å². The van der Waals surface area contributed by atoms with Gasteiger partial charge in [-0.15, -0.1) is 0 Å². The zero-order valence-electron chi connectivity index (χ0n) is 25.0. The molecule has 0 spiro atoms. The molecule has 9 heteroatoms. The van der Waals surface area contributed by atoms with Crippen LogP contribution in [0.5, 0.6) is 0 Å². The fraction of sp³-hybridized carbons (Fsp3) is 0.606. The normalized spacial score (nSPS) is 31.5. The number of nitrogens with one attached hydrogen (secondary N) is 2. The number of aryl methyl sites for hydroxylation is 1. The topological polar surface area (TPSA) is 138 Å². The van der Waals surface area contributed by atoms with E-state index in [2.05, 4.69) is 59.2 Å². The quantitative estimate of drug-likeness (QED) is 0.210. The molecule has 0 saturated heterocycles. The molecule has 6 N–H and O–H groups in total. The van der Waals surface area contributed by atoms with Crippen LogP contribution >= 0.6 is 0 Å².